The number of benzene rings is 2. The van der Waals surface area contributed by atoms with Crippen LogP contribution in [0.4, 0.5) is 0 Å². The molecule has 0 saturated heterocycles. The number of thiazole rings is 1. The van der Waals surface area contributed by atoms with E-state index in [0.717, 1.165) is 10.0 Å². The van der Waals surface area contributed by atoms with Crippen molar-refractivity contribution in [3.8, 4) is 17.2 Å². The van der Waals surface area contributed by atoms with Gasteiger partial charge in [-0.15, -0.1) is 0 Å². The van der Waals surface area contributed by atoms with Crippen molar-refractivity contribution in [1.29, 1.82) is 0 Å². The van der Waals surface area contributed by atoms with Crippen LogP contribution in [0.25, 0.3) is 6.08 Å². The van der Waals surface area contributed by atoms with Crippen LogP contribution < -0.4 is 29.1 Å². The van der Waals surface area contributed by atoms with E-state index >= 15 is 0 Å². The number of carbonyl (C=O) groups excluding carboxylic acids is 1. The maximum atomic E-state index is 13.8. The van der Waals surface area contributed by atoms with Gasteiger partial charge in [-0.2, -0.15) is 0 Å². The fourth-order valence-electron chi connectivity index (χ4n) is 4.16. The van der Waals surface area contributed by atoms with E-state index in [9.17, 15) is 9.59 Å². The molecule has 0 N–H and O–H groups in total. The highest BCUT2D eigenvalue weighted by Crippen LogP contribution is 2.34. The lowest BCUT2D eigenvalue weighted by molar-refractivity contribution is -0.139. The molecular weight excluding hydrogens is 560 g/mol. The van der Waals surface area contributed by atoms with Crippen molar-refractivity contribution < 1.29 is 23.7 Å². The molecule has 10 heteroatoms. The molecule has 2 heterocycles. The van der Waals surface area contributed by atoms with Crippen LogP contribution in [-0.4, -0.2) is 38.0 Å². The molecule has 8 nitrogen and oxygen atoms in total. The third-order valence-corrected chi connectivity index (χ3v) is 7.42. The first-order valence-electron chi connectivity index (χ1n) is 11.7. The third-order valence-electron chi connectivity index (χ3n) is 5.81. The third kappa shape index (κ3) is 5.21. The molecule has 1 unspecified atom stereocenters. The number of hydrogen-bond acceptors (Lipinski definition) is 8. The van der Waals surface area contributed by atoms with Gasteiger partial charge < -0.3 is 18.9 Å². The van der Waals surface area contributed by atoms with Crippen LogP contribution in [0.1, 0.15) is 37.9 Å². The molecule has 1 aliphatic heterocycles. The molecule has 0 saturated carbocycles. The Balaban J connectivity index is 1.93. The summed E-state index contributed by atoms with van der Waals surface area (Å²) in [5, 5.41) is 0. The van der Waals surface area contributed by atoms with Crippen molar-refractivity contribution in [1.82, 2.24) is 4.57 Å². The quantitative estimate of drug-likeness (QED) is 0.371. The summed E-state index contributed by atoms with van der Waals surface area (Å²) in [6.07, 6.45) is 1.76. The van der Waals surface area contributed by atoms with Gasteiger partial charge in [-0.3, -0.25) is 9.36 Å². The molecule has 0 amide bonds. The molecule has 0 spiro atoms. The lowest BCUT2D eigenvalue weighted by Gasteiger charge is -2.24. The smallest absolute Gasteiger partial charge is 0.338 e. The van der Waals surface area contributed by atoms with E-state index in [2.05, 4.69) is 20.9 Å². The first-order valence-corrected chi connectivity index (χ1v) is 13.3. The van der Waals surface area contributed by atoms with Crippen LogP contribution in [0.2, 0.25) is 0 Å². The molecule has 194 valence electrons. The maximum Gasteiger partial charge on any atom is 0.338 e. The van der Waals surface area contributed by atoms with Gasteiger partial charge in [0, 0.05) is 11.6 Å². The number of fused-ring (bicyclic) bond motifs is 1. The van der Waals surface area contributed by atoms with Crippen LogP contribution >= 0.6 is 27.3 Å². The van der Waals surface area contributed by atoms with Gasteiger partial charge in [0.15, 0.2) is 4.80 Å². The summed E-state index contributed by atoms with van der Waals surface area (Å²) in [4.78, 5) is 32.0. The minimum absolute atomic E-state index is 0.210. The molecule has 4 rings (SSSR count). The van der Waals surface area contributed by atoms with Gasteiger partial charge in [0.2, 0.25) is 0 Å². The summed E-state index contributed by atoms with van der Waals surface area (Å²) in [6, 6.07) is 10.2. The molecule has 0 fully saturated rings. The van der Waals surface area contributed by atoms with E-state index in [-0.39, 0.29) is 12.2 Å². The van der Waals surface area contributed by atoms with Crippen LogP contribution in [0.15, 0.2) is 61.9 Å². The zero-order valence-electron chi connectivity index (χ0n) is 21.2. The highest BCUT2D eigenvalue weighted by molar-refractivity contribution is 9.10. The minimum Gasteiger partial charge on any atom is -0.496 e. The molecule has 2 aromatic carbocycles. The van der Waals surface area contributed by atoms with Crippen LogP contribution in [0.5, 0.6) is 17.2 Å². The first-order chi connectivity index (χ1) is 17.8. The van der Waals surface area contributed by atoms with Crippen molar-refractivity contribution in [2.24, 2.45) is 4.99 Å². The molecule has 1 aliphatic rings. The topological polar surface area (TPSA) is 88.4 Å². The van der Waals surface area contributed by atoms with Crippen molar-refractivity contribution >= 4 is 39.3 Å². The van der Waals surface area contributed by atoms with E-state index in [4.69, 9.17) is 18.9 Å². The van der Waals surface area contributed by atoms with Gasteiger partial charge >= 0.3 is 5.97 Å². The Morgan fingerprint density at radius 3 is 2.43 bits per heavy atom. The van der Waals surface area contributed by atoms with Crippen LogP contribution in [-0.2, 0) is 9.53 Å². The second kappa shape index (κ2) is 11.4. The van der Waals surface area contributed by atoms with Crippen molar-refractivity contribution in [2.45, 2.75) is 26.8 Å². The highest BCUT2D eigenvalue weighted by atomic mass is 79.9. The summed E-state index contributed by atoms with van der Waals surface area (Å²) in [6.45, 7) is 6.16. The van der Waals surface area contributed by atoms with Crippen molar-refractivity contribution in [3.05, 3.63) is 83.0 Å². The molecule has 1 atom stereocenters. The summed E-state index contributed by atoms with van der Waals surface area (Å²) < 4.78 is 24.5. The van der Waals surface area contributed by atoms with Crippen LogP contribution in [0.3, 0.4) is 0 Å². The van der Waals surface area contributed by atoms with Crippen molar-refractivity contribution in [3.63, 3.8) is 0 Å². The van der Waals surface area contributed by atoms with Gasteiger partial charge in [0.05, 0.1) is 53.8 Å². The predicted octanol–water partition coefficient (Wildman–Crippen LogP) is 3.98. The predicted molar refractivity (Wildman–Crippen MR) is 145 cm³/mol. The normalized spacial score (nSPS) is 15.2. The van der Waals surface area contributed by atoms with Gasteiger partial charge in [-0.1, -0.05) is 23.5 Å². The average Bonchev–Trinajstić information content (AvgIpc) is 3.18. The molecule has 1 aromatic heterocycles. The molecule has 37 heavy (non-hydrogen) atoms. The number of esters is 1. The minimum atomic E-state index is -0.697. The molecule has 0 bridgehead atoms. The highest BCUT2D eigenvalue weighted by Gasteiger charge is 2.33. The Hall–Kier alpha value is -3.37. The molecular formula is C27H27BrN2O6S. The fourth-order valence-corrected chi connectivity index (χ4v) is 5.72. The lowest BCUT2D eigenvalue weighted by Crippen LogP contribution is -2.39. The van der Waals surface area contributed by atoms with Gasteiger partial charge in [0.25, 0.3) is 5.56 Å². The average molecular weight is 587 g/mol. The number of rotatable bonds is 8. The van der Waals surface area contributed by atoms with Crippen LogP contribution in [0, 0.1) is 0 Å². The number of methoxy groups -OCH3 is 2. The first kappa shape index (κ1) is 26.7. The Morgan fingerprint density at radius 2 is 1.81 bits per heavy atom. The Kier molecular flexibility index (Phi) is 8.19. The standard InChI is InChI=1S/C27H27BrN2O6S/c1-6-35-18-10-8-16(9-11-18)24-23(26(32)36-7-2)15(3)29-27-30(24)25(31)22(37-27)13-17-12-19(28)21(34-5)14-20(17)33-4/h8-14,24H,6-7H2,1-5H3/b22-13-. The van der Waals surface area contributed by atoms with Gasteiger partial charge in [-0.05, 0) is 66.5 Å². The fraction of sp³-hybridized carbons (Fsp3) is 0.296. The van der Waals surface area contributed by atoms with Gasteiger partial charge in [-0.25, -0.2) is 9.79 Å². The summed E-state index contributed by atoms with van der Waals surface area (Å²) in [7, 11) is 3.13. The zero-order valence-corrected chi connectivity index (χ0v) is 23.6. The Labute approximate surface area is 226 Å². The number of ether oxygens (including phenoxy) is 4. The molecule has 0 aliphatic carbocycles. The number of hydrogen-bond donors (Lipinski definition) is 0. The second-order valence-corrected chi connectivity index (χ2v) is 9.90. The molecule has 0 radical (unpaired) electrons. The number of allylic oxidation sites excluding steroid dienone is 1. The van der Waals surface area contributed by atoms with E-state index in [1.54, 1.807) is 44.8 Å². The number of nitrogens with zero attached hydrogens (tertiary/aromatic N) is 2. The molecule has 3 aromatic rings. The SMILES string of the molecule is CCOC(=O)C1=C(C)N=c2s/c(=C\c3cc(Br)c(OC)cc3OC)c(=O)n2C1c1ccc(OCC)cc1. The van der Waals surface area contributed by atoms with E-state index in [1.165, 1.54) is 11.3 Å². The maximum absolute atomic E-state index is 13.8. The summed E-state index contributed by atoms with van der Waals surface area (Å²) in [5.74, 6) is 1.37. The monoisotopic (exact) mass is 586 g/mol. The van der Waals surface area contributed by atoms with Gasteiger partial charge in [0.1, 0.15) is 17.2 Å². The van der Waals surface area contributed by atoms with E-state index < -0.39 is 12.0 Å². The number of carbonyl (C=O) groups is 1. The largest absolute Gasteiger partial charge is 0.496 e. The Bertz CT molecular complexity index is 1540. The second-order valence-electron chi connectivity index (χ2n) is 8.03. The summed E-state index contributed by atoms with van der Waals surface area (Å²) >= 11 is 4.74. The van der Waals surface area contributed by atoms with E-state index in [1.807, 2.05) is 37.3 Å². The van der Waals surface area contributed by atoms with Crippen molar-refractivity contribution in [2.75, 3.05) is 27.4 Å². The summed E-state index contributed by atoms with van der Waals surface area (Å²) in [5.41, 5.74) is 2.01. The number of halogens is 1. The lowest BCUT2D eigenvalue weighted by atomic mass is 9.96. The van der Waals surface area contributed by atoms with E-state index in [0.29, 0.717) is 50.0 Å². The Morgan fingerprint density at radius 1 is 1.11 bits per heavy atom. The zero-order chi connectivity index (χ0) is 26.7. The number of aromatic nitrogens is 1.